The van der Waals surface area contributed by atoms with Crippen molar-refractivity contribution in [1.29, 1.82) is 0 Å². The molecule has 1 aliphatic rings. The molecule has 0 aliphatic carbocycles. The van der Waals surface area contributed by atoms with Crippen LogP contribution >= 0.6 is 31.9 Å². The van der Waals surface area contributed by atoms with E-state index in [0.29, 0.717) is 25.3 Å². The molecule has 53 heavy (non-hydrogen) atoms. The van der Waals surface area contributed by atoms with E-state index >= 15 is 0 Å². The zero-order valence-electron chi connectivity index (χ0n) is 29.1. The summed E-state index contributed by atoms with van der Waals surface area (Å²) in [6, 6.07) is 20.8. The molecule has 0 saturated carbocycles. The van der Waals surface area contributed by atoms with Crippen molar-refractivity contribution in [3.63, 3.8) is 0 Å². The summed E-state index contributed by atoms with van der Waals surface area (Å²) in [5.74, 6) is 5.61. The molecule has 0 spiro atoms. The molecule has 3 N–H and O–H groups in total. The molecule has 1 aromatic heterocycles. The number of halogens is 6. The second-order valence-corrected chi connectivity index (χ2v) is 14.9. The van der Waals surface area contributed by atoms with Crippen LogP contribution < -0.4 is 10.1 Å². The normalized spacial score (nSPS) is 15.4. The molecule has 2 unspecified atom stereocenters. The van der Waals surface area contributed by atoms with Crippen molar-refractivity contribution in [2.24, 2.45) is 0 Å². The number of hydrogen-bond donors (Lipinski definition) is 3. The quantitative estimate of drug-likeness (QED) is 0.0670. The average Bonchev–Trinajstić information content (AvgIpc) is 3.42. The topological polar surface area (TPSA) is 73.1 Å². The second-order valence-electron chi connectivity index (χ2n) is 13.1. The van der Waals surface area contributed by atoms with Crippen LogP contribution in [0.4, 0.5) is 17.6 Å². The number of nitrogens with zero attached hydrogens (tertiary/aromatic N) is 3. The van der Waals surface area contributed by atoms with Gasteiger partial charge in [0.2, 0.25) is 0 Å². The third-order valence-electron chi connectivity index (χ3n) is 9.38. The van der Waals surface area contributed by atoms with Crippen molar-refractivity contribution < 1.29 is 32.5 Å². The number of benzene rings is 4. The summed E-state index contributed by atoms with van der Waals surface area (Å²) in [6.07, 6.45) is -5.00. The Kier molecular flexibility index (Phi) is 12.8. The van der Waals surface area contributed by atoms with E-state index in [2.05, 4.69) is 87.6 Å². The van der Waals surface area contributed by atoms with E-state index in [4.69, 9.17) is 4.74 Å². The highest BCUT2D eigenvalue weighted by Gasteiger charge is 2.34. The molecular formula is C40H40Br2F4N4O3. The minimum Gasteiger partial charge on any atom is -0.489 e. The second kappa shape index (κ2) is 17.3. The third-order valence-corrected chi connectivity index (χ3v) is 10.4. The standard InChI is InChI=1S/C40H40Br2F4N4O3/c1-26(52)39(50-36-10-7-30(41)22-32(36)33-23-31(42)8-11-37(33)50)49-17-15-48(16-18-49)14-3-2-4-27-6-12-38(29(20-27)24-47-13-19-51)53-25-28-5-9-35(43)34(21-28)40(44,45)46/h5-12,20-23,26,39,47,51-52H,3,13-19,24-25H2,1H3. The number of piperazine rings is 1. The minimum atomic E-state index is -4.81. The van der Waals surface area contributed by atoms with Gasteiger partial charge in [-0.2, -0.15) is 13.2 Å². The SMILES string of the molecule is CC(O)C(N1CCN(CCC#Cc2ccc(OCc3ccc(F)c(C(F)(F)F)c3)c(CNCCO)c2)CC1)n1c2ccc(Br)cc2c2cc(Br)ccc21. The van der Waals surface area contributed by atoms with Crippen LogP contribution in [0.15, 0.2) is 81.7 Å². The lowest BCUT2D eigenvalue weighted by Crippen LogP contribution is -2.51. The van der Waals surface area contributed by atoms with Crippen LogP contribution in [-0.2, 0) is 19.3 Å². The summed E-state index contributed by atoms with van der Waals surface area (Å²) in [6.45, 7) is 6.36. The van der Waals surface area contributed by atoms with Crippen molar-refractivity contribution in [3.05, 3.63) is 110 Å². The first-order valence-corrected chi connectivity index (χ1v) is 19.0. The molecule has 5 aromatic rings. The van der Waals surface area contributed by atoms with Gasteiger partial charge in [-0.25, -0.2) is 4.39 Å². The van der Waals surface area contributed by atoms with E-state index in [0.717, 1.165) is 86.7 Å². The zero-order chi connectivity index (χ0) is 37.7. The van der Waals surface area contributed by atoms with Gasteiger partial charge in [0.05, 0.1) is 29.3 Å². The van der Waals surface area contributed by atoms with Gasteiger partial charge in [0.15, 0.2) is 0 Å². The molecule has 7 nitrogen and oxygen atoms in total. The largest absolute Gasteiger partial charge is 0.489 e. The van der Waals surface area contributed by atoms with Crippen molar-refractivity contribution in [2.75, 3.05) is 45.9 Å². The van der Waals surface area contributed by atoms with Crippen LogP contribution in [0.1, 0.15) is 41.8 Å². The fourth-order valence-electron chi connectivity index (χ4n) is 6.88. The van der Waals surface area contributed by atoms with Crippen LogP contribution in [0.3, 0.4) is 0 Å². The fraction of sp³-hybridized carbons (Fsp3) is 0.350. The number of alkyl halides is 3. The van der Waals surface area contributed by atoms with Crippen molar-refractivity contribution in [2.45, 2.75) is 44.9 Å². The molecule has 0 amide bonds. The van der Waals surface area contributed by atoms with E-state index < -0.39 is 23.7 Å². The summed E-state index contributed by atoms with van der Waals surface area (Å²) >= 11 is 7.25. The summed E-state index contributed by atoms with van der Waals surface area (Å²) in [5.41, 5.74) is 2.49. The highest BCUT2D eigenvalue weighted by Crippen LogP contribution is 2.37. The molecular weight excluding hydrogens is 820 g/mol. The first-order valence-electron chi connectivity index (χ1n) is 17.4. The maximum absolute atomic E-state index is 13.7. The maximum Gasteiger partial charge on any atom is 0.419 e. The van der Waals surface area contributed by atoms with Gasteiger partial charge in [0.1, 0.15) is 24.3 Å². The minimum absolute atomic E-state index is 0.0596. The van der Waals surface area contributed by atoms with Crippen LogP contribution in [-0.4, -0.2) is 76.6 Å². The van der Waals surface area contributed by atoms with Crippen LogP contribution in [0, 0.1) is 17.7 Å². The summed E-state index contributed by atoms with van der Waals surface area (Å²) < 4.78 is 63.5. The lowest BCUT2D eigenvalue weighted by molar-refractivity contribution is -0.140. The predicted octanol–water partition coefficient (Wildman–Crippen LogP) is 8.08. The molecule has 0 radical (unpaired) electrons. The molecule has 0 bridgehead atoms. The van der Waals surface area contributed by atoms with Gasteiger partial charge >= 0.3 is 6.18 Å². The van der Waals surface area contributed by atoms with E-state index in [-0.39, 0.29) is 24.9 Å². The van der Waals surface area contributed by atoms with Gasteiger partial charge < -0.3 is 24.8 Å². The molecule has 2 atom stereocenters. The van der Waals surface area contributed by atoms with Crippen LogP contribution in [0.2, 0.25) is 0 Å². The summed E-state index contributed by atoms with van der Waals surface area (Å²) in [7, 11) is 0. The number of hydrogen-bond acceptors (Lipinski definition) is 6. The Morgan fingerprint density at radius 1 is 0.906 bits per heavy atom. The van der Waals surface area contributed by atoms with Crippen molar-refractivity contribution in [3.8, 4) is 17.6 Å². The van der Waals surface area contributed by atoms with Gasteiger partial charge in [-0.15, -0.1) is 0 Å². The number of rotatable bonds is 12. The van der Waals surface area contributed by atoms with Gasteiger partial charge in [-0.3, -0.25) is 9.80 Å². The average molecular weight is 861 g/mol. The number of fused-ring (bicyclic) bond motifs is 3. The molecule has 6 rings (SSSR count). The molecule has 1 saturated heterocycles. The van der Waals surface area contributed by atoms with Crippen LogP contribution in [0.5, 0.6) is 5.75 Å². The number of aromatic nitrogens is 1. The van der Waals surface area contributed by atoms with E-state index in [1.165, 1.54) is 6.07 Å². The van der Waals surface area contributed by atoms with Gasteiger partial charge in [0, 0.05) is 83.1 Å². The number of nitrogens with one attached hydrogen (secondary N) is 1. The van der Waals surface area contributed by atoms with Gasteiger partial charge in [0.25, 0.3) is 0 Å². The molecule has 13 heteroatoms. The third kappa shape index (κ3) is 9.43. The number of aliphatic hydroxyl groups is 2. The van der Waals surface area contributed by atoms with Crippen molar-refractivity contribution in [1.82, 2.24) is 19.7 Å². The fourth-order valence-corrected chi connectivity index (χ4v) is 7.60. The first kappa shape index (κ1) is 39.2. The Bertz CT molecular complexity index is 2060. The van der Waals surface area contributed by atoms with Crippen molar-refractivity contribution >= 4 is 53.7 Å². The summed E-state index contributed by atoms with van der Waals surface area (Å²) in [4.78, 5) is 4.74. The monoisotopic (exact) mass is 858 g/mol. The van der Waals surface area contributed by atoms with E-state index in [1.807, 2.05) is 25.1 Å². The zero-order valence-corrected chi connectivity index (χ0v) is 32.2. The number of aliphatic hydroxyl groups excluding tert-OH is 2. The Labute approximate surface area is 322 Å². The van der Waals surface area contributed by atoms with Crippen LogP contribution in [0.25, 0.3) is 21.8 Å². The molecule has 1 aliphatic heterocycles. The smallest absolute Gasteiger partial charge is 0.419 e. The molecule has 2 heterocycles. The Hall–Kier alpha value is -3.48. The lowest BCUT2D eigenvalue weighted by atomic mass is 10.1. The number of ether oxygens (including phenoxy) is 1. The molecule has 280 valence electrons. The predicted molar refractivity (Wildman–Crippen MR) is 206 cm³/mol. The highest BCUT2D eigenvalue weighted by molar-refractivity contribution is 9.10. The van der Waals surface area contributed by atoms with Gasteiger partial charge in [-0.05, 0) is 79.2 Å². The first-order chi connectivity index (χ1) is 25.4. The van der Waals surface area contributed by atoms with Gasteiger partial charge in [-0.1, -0.05) is 49.8 Å². The molecule has 1 fully saturated rings. The van der Waals surface area contributed by atoms with E-state index in [1.54, 1.807) is 12.1 Å². The maximum atomic E-state index is 13.7. The highest BCUT2D eigenvalue weighted by atomic mass is 79.9. The Morgan fingerprint density at radius 3 is 2.21 bits per heavy atom. The van der Waals surface area contributed by atoms with E-state index in [9.17, 15) is 27.8 Å². The lowest BCUT2D eigenvalue weighted by Gasteiger charge is -2.41. The Balaban J connectivity index is 1.08. The molecule has 4 aromatic carbocycles. The summed E-state index contributed by atoms with van der Waals surface area (Å²) in [5, 5.41) is 25.7. The Morgan fingerprint density at radius 2 is 1.58 bits per heavy atom.